The SMILES string of the molecule is O=c1[nH]c(-c2ccccc2)nc2c1CCN(Cc1cc3ccccc3[nH]1)C2. The van der Waals surface area contributed by atoms with Gasteiger partial charge in [-0.3, -0.25) is 9.69 Å². The largest absolute Gasteiger partial charge is 0.357 e. The Morgan fingerprint density at radius 3 is 2.67 bits per heavy atom. The second-order valence-electron chi connectivity index (χ2n) is 7.05. The van der Waals surface area contributed by atoms with E-state index in [0.717, 1.165) is 41.8 Å². The van der Waals surface area contributed by atoms with Gasteiger partial charge >= 0.3 is 0 Å². The van der Waals surface area contributed by atoms with Gasteiger partial charge in [0.1, 0.15) is 5.82 Å². The third kappa shape index (κ3) is 3.06. The Labute approximate surface area is 156 Å². The summed E-state index contributed by atoms with van der Waals surface area (Å²) in [7, 11) is 0. The van der Waals surface area contributed by atoms with Gasteiger partial charge in [0, 0.05) is 42.0 Å². The van der Waals surface area contributed by atoms with Crippen molar-refractivity contribution in [3.8, 4) is 11.4 Å². The number of hydrogen-bond acceptors (Lipinski definition) is 3. The van der Waals surface area contributed by atoms with E-state index in [1.807, 2.05) is 36.4 Å². The van der Waals surface area contributed by atoms with Gasteiger partial charge in [0.15, 0.2) is 0 Å². The second-order valence-corrected chi connectivity index (χ2v) is 7.05. The maximum atomic E-state index is 12.5. The van der Waals surface area contributed by atoms with Gasteiger partial charge < -0.3 is 9.97 Å². The first-order valence-corrected chi connectivity index (χ1v) is 9.23. The molecule has 0 spiro atoms. The topological polar surface area (TPSA) is 64.8 Å². The van der Waals surface area contributed by atoms with Gasteiger partial charge in [-0.25, -0.2) is 4.98 Å². The molecule has 0 unspecified atom stereocenters. The smallest absolute Gasteiger partial charge is 0.254 e. The van der Waals surface area contributed by atoms with Gasteiger partial charge in [0.05, 0.1) is 5.69 Å². The van der Waals surface area contributed by atoms with Crippen molar-refractivity contribution in [1.29, 1.82) is 0 Å². The van der Waals surface area contributed by atoms with E-state index in [4.69, 9.17) is 4.98 Å². The maximum absolute atomic E-state index is 12.5. The molecule has 1 aliphatic heterocycles. The minimum atomic E-state index is -0.0101. The molecular formula is C22H20N4O. The summed E-state index contributed by atoms with van der Waals surface area (Å²) >= 11 is 0. The molecule has 0 saturated carbocycles. The average Bonchev–Trinajstić information content (AvgIpc) is 3.10. The van der Waals surface area contributed by atoms with Crippen molar-refractivity contribution in [2.24, 2.45) is 0 Å². The van der Waals surface area contributed by atoms with Crippen molar-refractivity contribution < 1.29 is 0 Å². The fourth-order valence-corrected chi connectivity index (χ4v) is 3.82. The van der Waals surface area contributed by atoms with Crippen LogP contribution in [0.2, 0.25) is 0 Å². The lowest BCUT2D eigenvalue weighted by Crippen LogP contribution is -2.35. The van der Waals surface area contributed by atoms with Crippen LogP contribution < -0.4 is 5.56 Å². The fraction of sp³-hybridized carbons (Fsp3) is 0.182. The molecule has 0 saturated heterocycles. The quantitative estimate of drug-likeness (QED) is 0.591. The number of hydrogen-bond donors (Lipinski definition) is 2. The van der Waals surface area contributed by atoms with Crippen molar-refractivity contribution in [2.75, 3.05) is 6.54 Å². The number of nitrogens with one attached hydrogen (secondary N) is 2. The molecule has 3 heterocycles. The molecule has 134 valence electrons. The van der Waals surface area contributed by atoms with Gasteiger partial charge in [0.25, 0.3) is 5.56 Å². The molecule has 0 amide bonds. The van der Waals surface area contributed by atoms with E-state index >= 15 is 0 Å². The molecule has 4 aromatic rings. The van der Waals surface area contributed by atoms with E-state index in [-0.39, 0.29) is 5.56 Å². The van der Waals surface area contributed by atoms with Crippen LogP contribution in [0, 0.1) is 0 Å². The normalized spacial score (nSPS) is 14.4. The zero-order valence-electron chi connectivity index (χ0n) is 14.9. The predicted octanol–water partition coefficient (Wildman–Crippen LogP) is 3.48. The molecule has 2 aromatic heterocycles. The summed E-state index contributed by atoms with van der Waals surface area (Å²) < 4.78 is 0. The van der Waals surface area contributed by atoms with Crippen molar-refractivity contribution >= 4 is 10.9 Å². The van der Waals surface area contributed by atoms with Crippen LogP contribution in [0.3, 0.4) is 0 Å². The maximum Gasteiger partial charge on any atom is 0.254 e. The second kappa shape index (κ2) is 6.52. The summed E-state index contributed by atoms with van der Waals surface area (Å²) in [5.41, 5.74) is 4.98. The van der Waals surface area contributed by atoms with Gasteiger partial charge in [0.2, 0.25) is 0 Å². The summed E-state index contributed by atoms with van der Waals surface area (Å²) in [6, 6.07) is 20.3. The monoisotopic (exact) mass is 356 g/mol. The third-order valence-corrected chi connectivity index (χ3v) is 5.18. The molecule has 5 heteroatoms. The van der Waals surface area contributed by atoms with Crippen molar-refractivity contribution in [1.82, 2.24) is 19.9 Å². The standard InChI is InChI=1S/C22H20N4O/c27-22-18-10-11-26(13-17-12-16-8-4-5-9-19(16)23-17)14-20(18)24-21(25-22)15-6-2-1-3-7-15/h1-9,12,23H,10-11,13-14H2,(H,24,25,27). The van der Waals surface area contributed by atoms with E-state index in [1.165, 1.54) is 11.1 Å². The molecule has 0 radical (unpaired) electrons. The lowest BCUT2D eigenvalue weighted by molar-refractivity contribution is 0.238. The van der Waals surface area contributed by atoms with Crippen LogP contribution in [-0.2, 0) is 19.5 Å². The molecule has 2 aromatic carbocycles. The van der Waals surface area contributed by atoms with Gasteiger partial charge in [-0.1, -0.05) is 48.5 Å². The van der Waals surface area contributed by atoms with Crippen LogP contribution in [0.4, 0.5) is 0 Å². The number of rotatable bonds is 3. The molecule has 0 aliphatic carbocycles. The minimum Gasteiger partial charge on any atom is -0.357 e. The van der Waals surface area contributed by atoms with Crippen molar-refractivity contribution in [3.63, 3.8) is 0 Å². The highest BCUT2D eigenvalue weighted by molar-refractivity contribution is 5.80. The van der Waals surface area contributed by atoms with Crippen LogP contribution in [-0.4, -0.2) is 26.4 Å². The van der Waals surface area contributed by atoms with E-state index in [9.17, 15) is 4.79 Å². The van der Waals surface area contributed by atoms with Crippen LogP contribution in [0.15, 0.2) is 65.5 Å². The first-order valence-electron chi connectivity index (χ1n) is 9.23. The Morgan fingerprint density at radius 2 is 1.81 bits per heavy atom. The lowest BCUT2D eigenvalue weighted by atomic mass is 10.1. The highest BCUT2D eigenvalue weighted by atomic mass is 16.1. The zero-order valence-corrected chi connectivity index (χ0v) is 14.9. The molecular weight excluding hydrogens is 336 g/mol. The number of H-pyrrole nitrogens is 2. The number of fused-ring (bicyclic) bond motifs is 2. The molecule has 0 atom stereocenters. The molecule has 1 aliphatic rings. The number of aromatic nitrogens is 3. The molecule has 5 nitrogen and oxygen atoms in total. The first-order chi connectivity index (χ1) is 13.3. The lowest BCUT2D eigenvalue weighted by Gasteiger charge is -2.27. The van der Waals surface area contributed by atoms with E-state index in [2.05, 4.69) is 39.1 Å². The number of para-hydroxylation sites is 1. The average molecular weight is 356 g/mol. The molecule has 0 fully saturated rings. The van der Waals surface area contributed by atoms with E-state index in [0.29, 0.717) is 12.4 Å². The van der Waals surface area contributed by atoms with Crippen molar-refractivity contribution in [2.45, 2.75) is 19.5 Å². The molecule has 27 heavy (non-hydrogen) atoms. The summed E-state index contributed by atoms with van der Waals surface area (Å²) in [5.74, 6) is 0.645. The van der Waals surface area contributed by atoms with E-state index in [1.54, 1.807) is 0 Å². The molecule has 5 rings (SSSR count). The summed E-state index contributed by atoms with van der Waals surface area (Å²) in [6.07, 6.45) is 0.729. The van der Waals surface area contributed by atoms with Crippen LogP contribution >= 0.6 is 0 Å². The van der Waals surface area contributed by atoms with Crippen LogP contribution in [0.25, 0.3) is 22.3 Å². The Morgan fingerprint density at radius 1 is 1.00 bits per heavy atom. The first kappa shape index (κ1) is 16.0. The number of nitrogens with zero attached hydrogens (tertiary/aromatic N) is 2. The van der Waals surface area contributed by atoms with E-state index < -0.39 is 0 Å². The van der Waals surface area contributed by atoms with Gasteiger partial charge in [-0.15, -0.1) is 0 Å². The van der Waals surface area contributed by atoms with Crippen LogP contribution in [0.1, 0.15) is 17.0 Å². The summed E-state index contributed by atoms with van der Waals surface area (Å²) in [4.78, 5) is 26.1. The fourth-order valence-electron chi connectivity index (χ4n) is 3.82. The predicted molar refractivity (Wildman–Crippen MR) is 106 cm³/mol. The Balaban J connectivity index is 1.43. The molecule has 0 bridgehead atoms. The highest BCUT2D eigenvalue weighted by Crippen LogP contribution is 2.21. The summed E-state index contributed by atoms with van der Waals surface area (Å²) in [5, 5.41) is 1.23. The third-order valence-electron chi connectivity index (χ3n) is 5.18. The zero-order chi connectivity index (χ0) is 18.2. The Bertz CT molecular complexity index is 1130. The van der Waals surface area contributed by atoms with Gasteiger partial charge in [-0.05, 0) is 23.9 Å². The molecule has 2 N–H and O–H groups in total. The summed E-state index contributed by atoms with van der Waals surface area (Å²) in [6.45, 7) is 2.37. The van der Waals surface area contributed by atoms with Crippen LogP contribution in [0.5, 0.6) is 0 Å². The minimum absolute atomic E-state index is 0.0101. The van der Waals surface area contributed by atoms with Crippen molar-refractivity contribution in [3.05, 3.63) is 88.0 Å². The Hall–Kier alpha value is -3.18. The highest BCUT2D eigenvalue weighted by Gasteiger charge is 2.21. The Kier molecular flexibility index (Phi) is 3.87. The van der Waals surface area contributed by atoms with Gasteiger partial charge in [-0.2, -0.15) is 0 Å². The number of benzene rings is 2. The number of aromatic amines is 2.